The predicted octanol–water partition coefficient (Wildman–Crippen LogP) is 0.317. The normalized spacial score (nSPS) is 21.6. The number of nitrogens with one attached hydrogen (secondary N) is 1. The lowest BCUT2D eigenvalue weighted by Crippen LogP contribution is -2.50. The van der Waals surface area contributed by atoms with Gasteiger partial charge in [0.05, 0.1) is 19.2 Å². The summed E-state index contributed by atoms with van der Waals surface area (Å²) in [7, 11) is 1.32. The first-order valence-electron chi connectivity index (χ1n) is 6.14. The molecule has 0 aliphatic carbocycles. The average Bonchev–Trinajstić information content (AvgIpc) is 2.74. The number of amides is 2. The molecule has 6 nitrogen and oxygen atoms in total. The van der Waals surface area contributed by atoms with Crippen molar-refractivity contribution in [3.8, 4) is 0 Å². The number of nitrogens with zero attached hydrogens (tertiary/aromatic N) is 1. The van der Waals surface area contributed by atoms with E-state index < -0.39 is 12.1 Å². The number of ether oxygens (including phenoxy) is 1. The van der Waals surface area contributed by atoms with Crippen molar-refractivity contribution in [1.82, 2.24) is 10.2 Å². The summed E-state index contributed by atoms with van der Waals surface area (Å²) in [4.78, 5) is 24.9. The second-order valence-corrected chi connectivity index (χ2v) is 5.75. The minimum absolute atomic E-state index is 0.0476. The number of nitrogens with two attached hydrogens (primary N) is 1. The highest BCUT2D eigenvalue weighted by molar-refractivity contribution is 5.83. The van der Waals surface area contributed by atoms with Gasteiger partial charge >= 0.3 is 6.09 Å². The number of hydrogen-bond donors (Lipinski definition) is 2. The van der Waals surface area contributed by atoms with E-state index in [1.54, 1.807) is 4.90 Å². The summed E-state index contributed by atoms with van der Waals surface area (Å²) in [5, 5.41) is 2.70. The van der Waals surface area contributed by atoms with Crippen LogP contribution in [0.2, 0.25) is 0 Å². The van der Waals surface area contributed by atoms with Crippen molar-refractivity contribution in [2.75, 3.05) is 20.2 Å². The van der Waals surface area contributed by atoms with Gasteiger partial charge in [-0.05, 0) is 11.8 Å². The van der Waals surface area contributed by atoms with Gasteiger partial charge in [0.2, 0.25) is 5.91 Å². The topological polar surface area (TPSA) is 84.7 Å². The molecule has 18 heavy (non-hydrogen) atoms. The van der Waals surface area contributed by atoms with Gasteiger partial charge in [0.15, 0.2) is 0 Å². The predicted molar refractivity (Wildman–Crippen MR) is 68.0 cm³/mol. The Labute approximate surface area is 108 Å². The third kappa shape index (κ3) is 3.60. The molecule has 0 aromatic rings. The van der Waals surface area contributed by atoms with E-state index in [-0.39, 0.29) is 17.4 Å². The van der Waals surface area contributed by atoms with E-state index >= 15 is 0 Å². The maximum absolute atomic E-state index is 12.1. The fraction of sp³-hybridized carbons (Fsp3) is 0.833. The molecule has 6 heteroatoms. The monoisotopic (exact) mass is 257 g/mol. The Balaban J connectivity index is 2.51. The summed E-state index contributed by atoms with van der Waals surface area (Å²) in [6.07, 6.45) is 0.270. The van der Waals surface area contributed by atoms with Gasteiger partial charge in [-0.25, -0.2) is 4.79 Å². The lowest BCUT2D eigenvalue weighted by Gasteiger charge is -2.29. The van der Waals surface area contributed by atoms with Gasteiger partial charge in [0.25, 0.3) is 0 Å². The number of carbonyl (C=O) groups is 2. The molecular formula is C12H23N3O3. The van der Waals surface area contributed by atoms with Crippen molar-refractivity contribution in [2.45, 2.75) is 39.3 Å². The van der Waals surface area contributed by atoms with Gasteiger partial charge in [0.1, 0.15) is 0 Å². The highest BCUT2D eigenvalue weighted by atomic mass is 16.5. The second kappa shape index (κ2) is 5.56. The maximum atomic E-state index is 12.1. The molecule has 0 spiro atoms. The van der Waals surface area contributed by atoms with Crippen molar-refractivity contribution in [1.29, 1.82) is 0 Å². The molecule has 0 aromatic carbocycles. The third-order valence-corrected chi connectivity index (χ3v) is 3.21. The first-order chi connectivity index (χ1) is 8.25. The maximum Gasteiger partial charge on any atom is 0.407 e. The molecule has 3 N–H and O–H groups in total. The molecule has 1 aliphatic heterocycles. The number of rotatable bonds is 2. The SMILES string of the molecule is COC(=O)NC1CCN(C(=O)[C@@H](N)C(C)(C)C)C1. The molecule has 1 heterocycles. The second-order valence-electron chi connectivity index (χ2n) is 5.75. The van der Waals surface area contributed by atoms with Crippen LogP contribution in [0.4, 0.5) is 4.79 Å². The van der Waals surface area contributed by atoms with E-state index in [0.29, 0.717) is 13.1 Å². The summed E-state index contributed by atoms with van der Waals surface area (Å²) in [5.74, 6) is -0.0586. The summed E-state index contributed by atoms with van der Waals surface area (Å²) >= 11 is 0. The zero-order chi connectivity index (χ0) is 13.9. The molecule has 1 fully saturated rings. The fourth-order valence-electron chi connectivity index (χ4n) is 1.87. The van der Waals surface area contributed by atoms with Crippen LogP contribution >= 0.6 is 0 Å². The molecule has 0 saturated carbocycles. The molecule has 2 amide bonds. The van der Waals surface area contributed by atoms with Crippen LogP contribution in [0.5, 0.6) is 0 Å². The molecule has 2 atom stereocenters. The quantitative estimate of drug-likeness (QED) is 0.746. The Hall–Kier alpha value is -1.30. The van der Waals surface area contributed by atoms with E-state index in [1.807, 2.05) is 20.8 Å². The zero-order valence-corrected chi connectivity index (χ0v) is 11.5. The van der Waals surface area contributed by atoms with E-state index in [1.165, 1.54) is 7.11 Å². The Morgan fingerprint density at radius 3 is 2.56 bits per heavy atom. The van der Waals surface area contributed by atoms with E-state index in [2.05, 4.69) is 10.1 Å². The molecule has 1 rings (SSSR count). The van der Waals surface area contributed by atoms with Gasteiger partial charge in [-0.15, -0.1) is 0 Å². The lowest BCUT2D eigenvalue weighted by molar-refractivity contribution is -0.133. The fourth-order valence-corrected chi connectivity index (χ4v) is 1.87. The Bertz CT molecular complexity index is 325. The number of carbonyl (C=O) groups excluding carboxylic acids is 2. The Kier molecular flexibility index (Phi) is 4.56. The van der Waals surface area contributed by atoms with Crippen LogP contribution in [0, 0.1) is 5.41 Å². The van der Waals surface area contributed by atoms with Crippen molar-refractivity contribution >= 4 is 12.0 Å². The molecular weight excluding hydrogens is 234 g/mol. The van der Waals surface area contributed by atoms with Crippen LogP contribution < -0.4 is 11.1 Å². The van der Waals surface area contributed by atoms with Crippen molar-refractivity contribution < 1.29 is 14.3 Å². The smallest absolute Gasteiger partial charge is 0.407 e. The first-order valence-corrected chi connectivity index (χ1v) is 6.14. The largest absolute Gasteiger partial charge is 0.453 e. The Morgan fingerprint density at radius 2 is 2.06 bits per heavy atom. The van der Waals surface area contributed by atoms with E-state index in [4.69, 9.17) is 5.73 Å². The number of methoxy groups -OCH3 is 1. The minimum Gasteiger partial charge on any atom is -0.453 e. The van der Waals surface area contributed by atoms with Gasteiger partial charge in [-0.1, -0.05) is 20.8 Å². The lowest BCUT2D eigenvalue weighted by atomic mass is 9.86. The van der Waals surface area contributed by atoms with Gasteiger partial charge in [-0.2, -0.15) is 0 Å². The summed E-state index contributed by atoms with van der Waals surface area (Å²) in [6, 6.07) is -0.567. The Morgan fingerprint density at radius 1 is 1.44 bits per heavy atom. The number of hydrogen-bond acceptors (Lipinski definition) is 4. The van der Waals surface area contributed by atoms with Crippen LogP contribution in [0.1, 0.15) is 27.2 Å². The van der Waals surface area contributed by atoms with Crippen LogP contribution in [0.3, 0.4) is 0 Å². The summed E-state index contributed by atoms with van der Waals surface area (Å²) in [5.41, 5.74) is 5.68. The van der Waals surface area contributed by atoms with Crippen LogP contribution in [0.15, 0.2) is 0 Å². The highest BCUT2D eigenvalue weighted by Gasteiger charge is 2.35. The van der Waals surface area contributed by atoms with Crippen molar-refractivity contribution in [2.24, 2.45) is 11.1 Å². The van der Waals surface area contributed by atoms with E-state index in [9.17, 15) is 9.59 Å². The van der Waals surface area contributed by atoms with Crippen LogP contribution in [-0.2, 0) is 9.53 Å². The van der Waals surface area contributed by atoms with Gasteiger partial charge < -0.3 is 20.7 Å². The molecule has 0 aromatic heterocycles. The third-order valence-electron chi connectivity index (χ3n) is 3.21. The molecule has 104 valence electrons. The first kappa shape index (κ1) is 14.8. The van der Waals surface area contributed by atoms with Gasteiger partial charge in [-0.3, -0.25) is 4.79 Å². The number of alkyl carbamates (subject to hydrolysis) is 1. The molecule has 1 aliphatic rings. The van der Waals surface area contributed by atoms with Crippen LogP contribution in [-0.4, -0.2) is 49.2 Å². The highest BCUT2D eigenvalue weighted by Crippen LogP contribution is 2.21. The standard InChI is InChI=1S/C12H23N3O3/c1-12(2,3)9(13)10(16)15-6-5-8(7-15)14-11(17)18-4/h8-9H,5-7,13H2,1-4H3,(H,14,17)/t8?,9-/m1/s1. The van der Waals surface area contributed by atoms with Crippen molar-refractivity contribution in [3.63, 3.8) is 0 Å². The minimum atomic E-state index is -0.519. The number of likely N-dealkylation sites (tertiary alicyclic amines) is 1. The van der Waals surface area contributed by atoms with Crippen molar-refractivity contribution in [3.05, 3.63) is 0 Å². The molecule has 1 saturated heterocycles. The van der Waals surface area contributed by atoms with Crippen LogP contribution in [0.25, 0.3) is 0 Å². The molecule has 1 unspecified atom stereocenters. The van der Waals surface area contributed by atoms with Gasteiger partial charge in [0, 0.05) is 13.1 Å². The summed E-state index contributed by atoms with van der Waals surface area (Å²) in [6.45, 7) is 6.94. The molecule has 0 bridgehead atoms. The zero-order valence-electron chi connectivity index (χ0n) is 11.5. The summed E-state index contributed by atoms with van der Waals surface area (Å²) < 4.78 is 4.53. The van der Waals surface area contributed by atoms with E-state index in [0.717, 1.165) is 6.42 Å². The average molecular weight is 257 g/mol. The molecule has 0 radical (unpaired) electrons.